The number of halogens is 1. The molecular formula is C16H20BFO5. The van der Waals surface area contributed by atoms with Crippen molar-refractivity contribution < 1.29 is 28.0 Å². The second-order valence-electron chi connectivity index (χ2n) is 6.35. The van der Waals surface area contributed by atoms with Gasteiger partial charge in [0, 0.05) is 5.46 Å². The first-order chi connectivity index (χ1) is 10.6. The van der Waals surface area contributed by atoms with E-state index in [1.165, 1.54) is 18.2 Å². The van der Waals surface area contributed by atoms with Crippen LogP contribution in [0, 0.1) is 5.82 Å². The van der Waals surface area contributed by atoms with Gasteiger partial charge in [-0.2, -0.15) is 0 Å². The number of rotatable bonds is 4. The molecule has 0 aromatic heterocycles. The Bertz CT molecular complexity index is 625. The van der Waals surface area contributed by atoms with E-state index in [-0.39, 0.29) is 17.6 Å². The molecule has 0 atom stereocenters. The molecule has 1 saturated heterocycles. The van der Waals surface area contributed by atoms with Crippen LogP contribution in [0.1, 0.15) is 45.0 Å². The average Bonchev–Trinajstić information content (AvgIpc) is 2.67. The maximum Gasteiger partial charge on any atom is 0.497 e. The third kappa shape index (κ3) is 3.16. The highest BCUT2D eigenvalue weighted by Gasteiger charge is 2.52. The maximum absolute atomic E-state index is 14.7. The molecule has 124 valence electrons. The van der Waals surface area contributed by atoms with Gasteiger partial charge in [0.15, 0.2) is 0 Å². The number of ketones is 1. The lowest BCUT2D eigenvalue weighted by atomic mass is 9.77. The van der Waals surface area contributed by atoms with Gasteiger partial charge in [0.2, 0.25) is 0 Å². The molecule has 7 heteroatoms. The number of ether oxygens (including phenoxy) is 1. The van der Waals surface area contributed by atoms with Crippen LogP contribution in [0.3, 0.4) is 0 Å². The van der Waals surface area contributed by atoms with E-state index in [4.69, 9.17) is 9.31 Å². The predicted molar refractivity (Wildman–Crippen MR) is 83.1 cm³/mol. The smallest absolute Gasteiger partial charge is 0.460 e. The maximum atomic E-state index is 14.7. The zero-order valence-corrected chi connectivity index (χ0v) is 13.9. The molecule has 0 saturated carbocycles. The number of hydrogen-bond acceptors (Lipinski definition) is 5. The van der Waals surface area contributed by atoms with Crippen molar-refractivity contribution in [2.75, 3.05) is 6.61 Å². The molecular weight excluding hydrogens is 302 g/mol. The molecule has 0 spiro atoms. The van der Waals surface area contributed by atoms with Crippen molar-refractivity contribution in [3.05, 3.63) is 29.6 Å². The lowest BCUT2D eigenvalue weighted by Crippen LogP contribution is -2.41. The molecule has 0 N–H and O–H groups in total. The zero-order chi connectivity index (χ0) is 17.4. The molecule has 1 fully saturated rings. The predicted octanol–water partition coefficient (Wildman–Crippen LogP) is 1.87. The highest BCUT2D eigenvalue weighted by atomic mass is 19.1. The summed E-state index contributed by atoms with van der Waals surface area (Å²) in [5.74, 6) is -2.94. The normalized spacial score (nSPS) is 18.8. The number of Topliss-reactive ketones (excluding diaryl/α,β-unsaturated/α-hetero) is 1. The van der Waals surface area contributed by atoms with Crippen molar-refractivity contribution in [1.82, 2.24) is 0 Å². The Balaban J connectivity index is 2.35. The van der Waals surface area contributed by atoms with Gasteiger partial charge >= 0.3 is 13.1 Å². The minimum Gasteiger partial charge on any atom is -0.460 e. The summed E-state index contributed by atoms with van der Waals surface area (Å²) in [6, 6.07) is 4.19. The van der Waals surface area contributed by atoms with Gasteiger partial charge in [0.1, 0.15) is 5.82 Å². The Labute approximate surface area is 135 Å². The van der Waals surface area contributed by atoms with Crippen LogP contribution >= 0.6 is 0 Å². The summed E-state index contributed by atoms with van der Waals surface area (Å²) in [4.78, 5) is 23.5. The first-order valence-corrected chi connectivity index (χ1v) is 7.46. The Hall–Kier alpha value is -1.73. The molecule has 5 nitrogen and oxygen atoms in total. The van der Waals surface area contributed by atoms with E-state index in [1.54, 1.807) is 6.92 Å². The van der Waals surface area contributed by atoms with Crippen LogP contribution < -0.4 is 5.46 Å². The van der Waals surface area contributed by atoms with Crippen molar-refractivity contribution in [1.29, 1.82) is 0 Å². The number of carbonyl (C=O) groups excluding carboxylic acids is 2. The first-order valence-electron chi connectivity index (χ1n) is 7.46. The van der Waals surface area contributed by atoms with E-state index in [2.05, 4.69) is 4.74 Å². The average molecular weight is 322 g/mol. The van der Waals surface area contributed by atoms with Crippen LogP contribution in [-0.2, 0) is 18.8 Å². The third-order valence-corrected chi connectivity index (χ3v) is 4.24. The summed E-state index contributed by atoms with van der Waals surface area (Å²) in [6.45, 7) is 9.00. The molecule has 23 heavy (non-hydrogen) atoms. The van der Waals surface area contributed by atoms with Crippen LogP contribution in [0.5, 0.6) is 0 Å². The third-order valence-electron chi connectivity index (χ3n) is 4.24. The van der Waals surface area contributed by atoms with E-state index in [9.17, 15) is 14.0 Å². The molecule has 1 aromatic carbocycles. The standard InChI is InChI=1S/C16H20BFO5/c1-6-21-14(20)13(19)10-8-7-9-11(12(10)18)17-22-15(2,3)16(4,5)23-17/h7-9H,6H2,1-5H3. The summed E-state index contributed by atoms with van der Waals surface area (Å²) in [6.07, 6.45) is 0. The van der Waals surface area contributed by atoms with E-state index >= 15 is 0 Å². The van der Waals surface area contributed by atoms with Crippen molar-refractivity contribution in [3.8, 4) is 0 Å². The molecule has 0 radical (unpaired) electrons. The van der Waals surface area contributed by atoms with Crippen molar-refractivity contribution in [2.24, 2.45) is 0 Å². The van der Waals surface area contributed by atoms with Gasteiger partial charge in [0.05, 0.1) is 23.4 Å². The SMILES string of the molecule is CCOC(=O)C(=O)c1cccc(B2OC(C)(C)C(C)(C)O2)c1F. The molecule has 2 rings (SSSR count). The zero-order valence-electron chi connectivity index (χ0n) is 13.9. The van der Waals surface area contributed by atoms with Gasteiger partial charge in [-0.25, -0.2) is 9.18 Å². The fraction of sp³-hybridized carbons (Fsp3) is 0.500. The van der Waals surface area contributed by atoms with Crippen LogP contribution in [0.15, 0.2) is 18.2 Å². The van der Waals surface area contributed by atoms with Crippen LogP contribution in [-0.4, -0.2) is 36.7 Å². The quantitative estimate of drug-likeness (QED) is 0.366. The molecule has 1 aromatic rings. The fourth-order valence-electron chi connectivity index (χ4n) is 2.18. The second kappa shape index (κ2) is 6.05. The highest BCUT2D eigenvalue weighted by molar-refractivity contribution is 6.62. The molecule has 0 unspecified atom stereocenters. The van der Waals surface area contributed by atoms with Gasteiger partial charge < -0.3 is 14.0 Å². The van der Waals surface area contributed by atoms with Gasteiger partial charge in [-0.3, -0.25) is 4.79 Å². The van der Waals surface area contributed by atoms with Crippen molar-refractivity contribution >= 4 is 24.3 Å². The molecule has 0 amide bonds. The second-order valence-corrected chi connectivity index (χ2v) is 6.35. The Morgan fingerprint density at radius 1 is 1.17 bits per heavy atom. The molecule has 1 aliphatic rings. The lowest BCUT2D eigenvalue weighted by Gasteiger charge is -2.32. The van der Waals surface area contributed by atoms with Gasteiger partial charge in [-0.1, -0.05) is 12.1 Å². The number of esters is 1. The summed E-state index contributed by atoms with van der Waals surface area (Å²) < 4.78 is 30.9. The van der Waals surface area contributed by atoms with E-state index in [1.807, 2.05) is 27.7 Å². The minimum absolute atomic E-state index is 0.0448. The summed E-state index contributed by atoms with van der Waals surface area (Å²) >= 11 is 0. The van der Waals surface area contributed by atoms with E-state index in [0.29, 0.717) is 0 Å². The number of hydrogen-bond donors (Lipinski definition) is 0. The summed E-state index contributed by atoms with van der Waals surface area (Å²) in [5.41, 5.74) is -1.54. The lowest BCUT2D eigenvalue weighted by molar-refractivity contribution is -0.137. The van der Waals surface area contributed by atoms with Crippen LogP contribution in [0.25, 0.3) is 0 Å². The number of benzene rings is 1. The summed E-state index contributed by atoms with van der Waals surface area (Å²) in [5, 5.41) is 0. The first kappa shape index (κ1) is 17.6. The monoisotopic (exact) mass is 322 g/mol. The van der Waals surface area contributed by atoms with E-state index < -0.39 is 35.9 Å². The Morgan fingerprint density at radius 3 is 2.26 bits per heavy atom. The molecule has 1 heterocycles. The molecule has 0 bridgehead atoms. The van der Waals surface area contributed by atoms with Gasteiger partial charge in [-0.05, 0) is 40.7 Å². The Kier molecular flexibility index (Phi) is 4.64. The van der Waals surface area contributed by atoms with Gasteiger partial charge in [0.25, 0.3) is 5.78 Å². The number of carbonyl (C=O) groups is 2. The van der Waals surface area contributed by atoms with Crippen molar-refractivity contribution in [2.45, 2.75) is 45.8 Å². The van der Waals surface area contributed by atoms with Crippen LogP contribution in [0.4, 0.5) is 4.39 Å². The topological polar surface area (TPSA) is 61.8 Å². The summed E-state index contributed by atoms with van der Waals surface area (Å²) in [7, 11) is -0.949. The highest BCUT2D eigenvalue weighted by Crippen LogP contribution is 2.36. The van der Waals surface area contributed by atoms with Gasteiger partial charge in [-0.15, -0.1) is 0 Å². The largest absolute Gasteiger partial charge is 0.497 e. The Morgan fingerprint density at radius 2 is 1.74 bits per heavy atom. The molecule has 1 aliphatic heterocycles. The molecule has 0 aliphatic carbocycles. The fourth-order valence-corrected chi connectivity index (χ4v) is 2.18. The van der Waals surface area contributed by atoms with E-state index in [0.717, 1.165) is 0 Å². The van der Waals surface area contributed by atoms with Crippen molar-refractivity contribution in [3.63, 3.8) is 0 Å². The minimum atomic E-state index is -1.09. The van der Waals surface area contributed by atoms with Crippen LogP contribution in [0.2, 0.25) is 0 Å².